The van der Waals surface area contributed by atoms with E-state index < -0.39 is 0 Å². The molecule has 0 saturated heterocycles. The van der Waals surface area contributed by atoms with Crippen LogP contribution in [0.1, 0.15) is 0 Å². The minimum atomic E-state index is 0.908. The molecule has 0 unspecified atom stereocenters. The topological polar surface area (TPSA) is 16.4 Å². The molecule has 0 amide bonds. The van der Waals surface area contributed by atoms with Crippen LogP contribution in [0, 0.1) is 0 Å². The zero-order valence-electron chi connectivity index (χ0n) is 29.4. The first kappa shape index (κ1) is 30.5. The number of rotatable bonds is 6. The number of furan rings is 1. The van der Waals surface area contributed by atoms with E-state index in [0.717, 1.165) is 44.4 Å². The molecule has 9 aromatic carbocycles. The van der Waals surface area contributed by atoms with Gasteiger partial charge in [0.15, 0.2) is 0 Å². The highest BCUT2D eigenvalue weighted by Crippen LogP contribution is 2.61. The Labute approximate surface area is 313 Å². The highest BCUT2D eigenvalue weighted by atomic mass is 16.3. The molecule has 0 saturated carbocycles. The predicted molar refractivity (Wildman–Crippen MR) is 227 cm³/mol. The van der Waals surface area contributed by atoms with Crippen molar-refractivity contribution in [2.75, 3.05) is 4.90 Å². The van der Waals surface area contributed by atoms with Gasteiger partial charge in [0.05, 0.1) is 5.69 Å². The maximum atomic E-state index is 6.46. The van der Waals surface area contributed by atoms with Gasteiger partial charge in [0.25, 0.3) is 0 Å². The highest BCUT2D eigenvalue weighted by molar-refractivity contribution is 6.25. The van der Waals surface area contributed by atoms with Crippen LogP contribution in [0.4, 0.5) is 17.1 Å². The summed E-state index contributed by atoms with van der Waals surface area (Å²) in [7, 11) is 0. The van der Waals surface area contributed by atoms with Gasteiger partial charge in [-0.25, -0.2) is 0 Å². The third kappa shape index (κ3) is 4.67. The molecule has 0 aliphatic heterocycles. The maximum absolute atomic E-state index is 6.46. The molecule has 0 fully saturated rings. The fraction of sp³-hybridized carbons (Fsp3) is 0. The quantitative estimate of drug-likeness (QED) is 0.173. The standard InChI is InChI=1S/C52H33NO/c1-3-14-34(15-4-1)35-26-30-38(31-27-35)53(39-32-28-36(29-33-39)40-23-13-24-46-41-18-11-12-25-47(41)54-52(40)46)51-45-22-10-9-21-44(45)48(37-16-5-2-6-17-37)49-42-19-7-8-20-43(42)50(49)51/h1-33H. The summed E-state index contributed by atoms with van der Waals surface area (Å²) in [4.78, 5) is 2.46. The third-order valence-corrected chi connectivity index (χ3v) is 11.0. The number of benzene rings is 9. The van der Waals surface area contributed by atoms with Crippen molar-refractivity contribution in [3.05, 3.63) is 200 Å². The molecule has 11 rings (SSSR count). The first-order valence-corrected chi connectivity index (χ1v) is 18.5. The van der Waals surface area contributed by atoms with Crippen LogP contribution in [0.25, 0.3) is 88.3 Å². The molecule has 10 aromatic rings. The molecule has 1 aromatic heterocycles. The predicted octanol–water partition coefficient (Wildman–Crippen LogP) is 14.9. The summed E-state index contributed by atoms with van der Waals surface area (Å²) in [6, 6.07) is 72.0. The van der Waals surface area contributed by atoms with Gasteiger partial charge in [-0.2, -0.15) is 0 Å². The Morgan fingerprint density at radius 2 is 0.796 bits per heavy atom. The maximum Gasteiger partial charge on any atom is 0.143 e. The molecular formula is C52H33NO. The van der Waals surface area contributed by atoms with Crippen LogP contribution in [-0.4, -0.2) is 0 Å². The van der Waals surface area contributed by atoms with Gasteiger partial charge in [-0.05, 0) is 74.7 Å². The second kappa shape index (κ2) is 12.2. The Kier molecular flexibility index (Phi) is 6.90. The summed E-state index contributed by atoms with van der Waals surface area (Å²) in [5.74, 6) is 0. The number of nitrogens with zero attached hydrogens (tertiary/aromatic N) is 1. The van der Waals surface area contributed by atoms with Crippen LogP contribution in [0.3, 0.4) is 0 Å². The van der Waals surface area contributed by atoms with Crippen LogP contribution in [0.5, 0.6) is 0 Å². The lowest BCUT2D eigenvalue weighted by molar-refractivity contribution is 0.670. The van der Waals surface area contributed by atoms with Gasteiger partial charge >= 0.3 is 0 Å². The van der Waals surface area contributed by atoms with Gasteiger partial charge in [-0.3, -0.25) is 0 Å². The van der Waals surface area contributed by atoms with Crippen LogP contribution in [0.2, 0.25) is 0 Å². The summed E-state index contributed by atoms with van der Waals surface area (Å²) in [6.07, 6.45) is 0. The third-order valence-electron chi connectivity index (χ3n) is 11.0. The molecule has 2 nitrogen and oxygen atoms in total. The van der Waals surface area contributed by atoms with E-state index in [1.807, 2.05) is 12.1 Å². The number of para-hydroxylation sites is 2. The average Bonchev–Trinajstić information content (AvgIpc) is 3.63. The van der Waals surface area contributed by atoms with Gasteiger partial charge in [-0.15, -0.1) is 0 Å². The minimum Gasteiger partial charge on any atom is -0.455 e. The van der Waals surface area contributed by atoms with Crippen molar-refractivity contribution < 1.29 is 4.42 Å². The Morgan fingerprint density at radius 1 is 0.296 bits per heavy atom. The first-order valence-electron chi connectivity index (χ1n) is 18.5. The lowest BCUT2D eigenvalue weighted by Gasteiger charge is -2.37. The fourth-order valence-corrected chi connectivity index (χ4v) is 8.55. The van der Waals surface area contributed by atoms with Crippen LogP contribution in [-0.2, 0) is 0 Å². The van der Waals surface area contributed by atoms with E-state index in [1.54, 1.807) is 0 Å². The van der Waals surface area contributed by atoms with E-state index >= 15 is 0 Å². The van der Waals surface area contributed by atoms with E-state index in [4.69, 9.17) is 4.42 Å². The van der Waals surface area contributed by atoms with Gasteiger partial charge < -0.3 is 9.32 Å². The molecule has 54 heavy (non-hydrogen) atoms. The molecule has 0 radical (unpaired) electrons. The SMILES string of the molecule is c1ccc(-c2ccc(N(c3ccc(-c4cccc5c4oc4ccccc45)cc3)c3c4c(c(-c5ccccc5)c5ccccc35)-c3ccccc3-4)cc2)cc1. The zero-order valence-corrected chi connectivity index (χ0v) is 29.4. The molecule has 1 aliphatic carbocycles. The van der Waals surface area contributed by atoms with E-state index in [-0.39, 0.29) is 0 Å². The average molecular weight is 688 g/mol. The van der Waals surface area contributed by atoms with Crippen molar-refractivity contribution in [1.29, 1.82) is 0 Å². The largest absolute Gasteiger partial charge is 0.455 e. The monoisotopic (exact) mass is 687 g/mol. The number of hydrogen-bond donors (Lipinski definition) is 0. The van der Waals surface area contributed by atoms with Crippen molar-refractivity contribution >= 4 is 49.8 Å². The summed E-state index contributed by atoms with van der Waals surface area (Å²) in [5, 5.41) is 4.73. The molecule has 0 spiro atoms. The van der Waals surface area contributed by atoms with E-state index in [9.17, 15) is 0 Å². The Hall–Kier alpha value is -7.16. The lowest BCUT2D eigenvalue weighted by atomic mass is 9.73. The molecule has 1 aliphatic rings. The smallest absolute Gasteiger partial charge is 0.143 e. The zero-order chi connectivity index (χ0) is 35.6. The Bertz CT molecular complexity index is 3010. The lowest BCUT2D eigenvalue weighted by Crippen LogP contribution is -2.15. The van der Waals surface area contributed by atoms with Crippen molar-refractivity contribution in [3.8, 4) is 55.6 Å². The number of anilines is 3. The van der Waals surface area contributed by atoms with Gasteiger partial charge in [0, 0.05) is 44.2 Å². The van der Waals surface area contributed by atoms with E-state index in [1.165, 1.54) is 61.0 Å². The van der Waals surface area contributed by atoms with Crippen molar-refractivity contribution in [2.24, 2.45) is 0 Å². The molecule has 2 heteroatoms. The van der Waals surface area contributed by atoms with Gasteiger partial charge in [-0.1, -0.05) is 170 Å². The van der Waals surface area contributed by atoms with E-state index in [0.29, 0.717) is 0 Å². The van der Waals surface area contributed by atoms with Gasteiger partial charge in [0.1, 0.15) is 11.2 Å². The van der Waals surface area contributed by atoms with Crippen LogP contribution in [0.15, 0.2) is 205 Å². The second-order valence-electron chi connectivity index (χ2n) is 14.0. The van der Waals surface area contributed by atoms with Crippen LogP contribution < -0.4 is 4.90 Å². The van der Waals surface area contributed by atoms with Crippen molar-refractivity contribution in [3.63, 3.8) is 0 Å². The van der Waals surface area contributed by atoms with Crippen molar-refractivity contribution in [2.45, 2.75) is 0 Å². The summed E-state index contributed by atoms with van der Waals surface area (Å²) in [6.45, 7) is 0. The molecular weight excluding hydrogens is 655 g/mol. The Morgan fingerprint density at radius 3 is 1.50 bits per heavy atom. The fourth-order valence-electron chi connectivity index (χ4n) is 8.55. The highest BCUT2D eigenvalue weighted by Gasteiger charge is 2.34. The molecule has 0 bridgehead atoms. The molecule has 0 atom stereocenters. The molecule has 0 N–H and O–H groups in total. The Balaban J connectivity index is 1.14. The summed E-state index contributed by atoms with van der Waals surface area (Å²) >= 11 is 0. The molecule has 1 heterocycles. The first-order chi connectivity index (χ1) is 26.8. The van der Waals surface area contributed by atoms with Crippen molar-refractivity contribution in [1.82, 2.24) is 0 Å². The van der Waals surface area contributed by atoms with Crippen LogP contribution >= 0.6 is 0 Å². The summed E-state index contributed by atoms with van der Waals surface area (Å²) < 4.78 is 6.46. The molecule has 252 valence electrons. The summed E-state index contributed by atoms with van der Waals surface area (Å²) in [5.41, 5.74) is 17.5. The number of fused-ring (bicyclic) bond motifs is 8. The van der Waals surface area contributed by atoms with Gasteiger partial charge in [0.2, 0.25) is 0 Å². The normalized spacial score (nSPS) is 11.7. The second-order valence-corrected chi connectivity index (χ2v) is 14.0. The van der Waals surface area contributed by atoms with E-state index in [2.05, 4.69) is 193 Å². The number of hydrogen-bond acceptors (Lipinski definition) is 2. The minimum absolute atomic E-state index is 0.908.